The number of sulfonamides is 1. The molecule has 0 spiro atoms. The van der Waals surface area contributed by atoms with Gasteiger partial charge in [0.2, 0.25) is 10.0 Å². The van der Waals surface area contributed by atoms with E-state index in [0.717, 1.165) is 0 Å². The van der Waals surface area contributed by atoms with Gasteiger partial charge in [-0.15, -0.1) is 11.6 Å². The number of halogens is 1. The molecule has 0 aliphatic carbocycles. The highest BCUT2D eigenvalue weighted by Crippen LogP contribution is 2.16. The summed E-state index contributed by atoms with van der Waals surface area (Å²) in [6.45, 7) is 2.11. The van der Waals surface area contributed by atoms with E-state index >= 15 is 0 Å². The maximum Gasteiger partial charge on any atom is 0.249 e. The van der Waals surface area contributed by atoms with E-state index in [4.69, 9.17) is 11.6 Å². The van der Waals surface area contributed by atoms with Crippen LogP contribution in [0.4, 0.5) is 5.69 Å². The summed E-state index contributed by atoms with van der Waals surface area (Å²) in [5.41, 5.74) is 0.586. The average molecular weight is 235 g/mol. The van der Waals surface area contributed by atoms with Crippen molar-refractivity contribution in [2.75, 3.05) is 16.1 Å². The third-order valence-electron chi connectivity index (χ3n) is 1.71. The van der Waals surface area contributed by atoms with Gasteiger partial charge in [0.15, 0.2) is 0 Å². The van der Waals surface area contributed by atoms with Crippen LogP contribution < -0.4 is 4.31 Å². The Hall–Kier alpha value is -0.810. The maximum absolute atomic E-state index is 11.5. The van der Waals surface area contributed by atoms with Gasteiger partial charge < -0.3 is 0 Å². The Morgan fingerprint density at radius 1 is 1.43 bits per heavy atom. The molecule has 4 nitrogen and oxygen atoms in total. The molecule has 0 aliphatic rings. The number of alkyl halides is 1. The molecule has 0 atom stereocenters. The first-order valence-corrected chi connectivity index (χ1v) is 6.22. The SMILES string of the molecule is CCN(c1ccncc1)S(=O)(=O)CCl. The van der Waals surface area contributed by atoms with Crippen molar-refractivity contribution in [1.82, 2.24) is 4.98 Å². The summed E-state index contributed by atoms with van der Waals surface area (Å²) >= 11 is 5.37. The molecule has 0 fully saturated rings. The van der Waals surface area contributed by atoms with Crippen molar-refractivity contribution in [1.29, 1.82) is 0 Å². The van der Waals surface area contributed by atoms with Crippen molar-refractivity contribution in [2.45, 2.75) is 6.92 Å². The Bertz CT molecular complexity index is 380. The number of nitrogens with zero attached hydrogens (tertiary/aromatic N) is 2. The van der Waals surface area contributed by atoms with Crippen LogP contribution in [0.25, 0.3) is 0 Å². The molecule has 1 rings (SSSR count). The van der Waals surface area contributed by atoms with Crippen molar-refractivity contribution >= 4 is 27.3 Å². The van der Waals surface area contributed by atoms with Crippen molar-refractivity contribution in [2.24, 2.45) is 0 Å². The largest absolute Gasteiger partial charge is 0.269 e. The monoisotopic (exact) mass is 234 g/mol. The second kappa shape index (κ2) is 4.61. The molecule has 78 valence electrons. The molecule has 1 heterocycles. The van der Waals surface area contributed by atoms with Crippen LogP contribution in [0.15, 0.2) is 24.5 Å². The fourth-order valence-electron chi connectivity index (χ4n) is 1.11. The van der Waals surface area contributed by atoms with Gasteiger partial charge in [0.05, 0.1) is 5.69 Å². The van der Waals surface area contributed by atoms with Gasteiger partial charge in [0.25, 0.3) is 0 Å². The smallest absolute Gasteiger partial charge is 0.249 e. The standard InChI is InChI=1S/C8H11ClN2O2S/c1-2-11(14(12,13)7-9)8-3-5-10-6-4-8/h3-6H,2,7H2,1H3. The second-order valence-corrected chi connectivity index (χ2v) is 5.07. The van der Waals surface area contributed by atoms with Crippen molar-refractivity contribution in [3.05, 3.63) is 24.5 Å². The predicted molar refractivity (Wildman–Crippen MR) is 56.9 cm³/mol. The Kier molecular flexibility index (Phi) is 3.71. The van der Waals surface area contributed by atoms with Crippen LogP contribution in [0.1, 0.15) is 6.92 Å². The lowest BCUT2D eigenvalue weighted by Crippen LogP contribution is -2.31. The number of anilines is 1. The van der Waals surface area contributed by atoms with Gasteiger partial charge in [-0.3, -0.25) is 9.29 Å². The molecule has 6 heteroatoms. The highest BCUT2D eigenvalue weighted by Gasteiger charge is 2.18. The molecule has 1 aromatic heterocycles. The van der Waals surface area contributed by atoms with Crippen LogP contribution in [-0.2, 0) is 10.0 Å². The summed E-state index contributed by atoms with van der Waals surface area (Å²) in [5, 5.41) is -0.414. The van der Waals surface area contributed by atoms with Crippen LogP contribution in [0.3, 0.4) is 0 Å². The maximum atomic E-state index is 11.5. The van der Waals surface area contributed by atoms with Gasteiger partial charge in [0.1, 0.15) is 5.21 Å². The molecule has 0 saturated heterocycles. The molecule has 1 aromatic rings. The zero-order chi connectivity index (χ0) is 10.6. The summed E-state index contributed by atoms with van der Waals surface area (Å²) in [7, 11) is -3.39. The normalized spacial score (nSPS) is 11.3. The van der Waals surface area contributed by atoms with Crippen LogP contribution in [0.2, 0.25) is 0 Å². The Balaban J connectivity index is 3.06. The lowest BCUT2D eigenvalue weighted by molar-refractivity contribution is 0.596. The topological polar surface area (TPSA) is 50.3 Å². The minimum Gasteiger partial charge on any atom is -0.269 e. The lowest BCUT2D eigenvalue weighted by Gasteiger charge is -2.20. The Labute approximate surface area is 88.6 Å². The summed E-state index contributed by atoms with van der Waals surface area (Å²) in [6, 6.07) is 3.27. The lowest BCUT2D eigenvalue weighted by atomic mass is 10.4. The summed E-state index contributed by atoms with van der Waals surface area (Å²) in [5.74, 6) is 0. The average Bonchev–Trinajstić information content (AvgIpc) is 2.20. The number of hydrogen-bond acceptors (Lipinski definition) is 3. The highest BCUT2D eigenvalue weighted by atomic mass is 35.5. The fraction of sp³-hybridized carbons (Fsp3) is 0.375. The molecule has 0 aromatic carbocycles. The Morgan fingerprint density at radius 2 is 2.00 bits per heavy atom. The third-order valence-corrected chi connectivity index (χ3v) is 3.96. The molecule has 0 aliphatic heterocycles. The van der Waals surface area contributed by atoms with Gasteiger partial charge in [0, 0.05) is 18.9 Å². The Morgan fingerprint density at radius 3 is 2.43 bits per heavy atom. The first-order chi connectivity index (χ1) is 6.61. The van der Waals surface area contributed by atoms with E-state index in [1.54, 1.807) is 31.5 Å². The van der Waals surface area contributed by atoms with E-state index in [1.807, 2.05) is 0 Å². The van der Waals surface area contributed by atoms with Crippen LogP contribution in [-0.4, -0.2) is 25.2 Å². The molecule has 0 unspecified atom stereocenters. The van der Waals surface area contributed by atoms with Crippen LogP contribution in [0, 0.1) is 0 Å². The molecular formula is C8H11ClN2O2S. The van der Waals surface area contributed by atoms with Gasteiger partial charge in [-0.25, -0.2) is 8.42 Å². The van der Waals surface area contributed by atoms with Crippen LogP contribution in [0.5, 0.6) is 0 Å². The van der Waals surface area contributed by atoms with E-state index in [9.17, 15) is 8.42 Å². The van der Waals surface area contributed by atoms with Crippen molar-refractivity contribution in [3.8, 4) is 0 Å². The molecule has 0 N–H and O–H groups in total. The molecule has 0 saturated carbocycles. The van der Waals surface area contributed by atoms with Gasteiger partial charge in [-0.1, -0.05) is 0 Å². The molecule has 0 bridgehead atoms. The zero-order valence-electron chi connectivity index (χ0n) is 7.72. The van der Waals surface area contributed by atoms with Gasteiger partial charge in [-0.2, -0.15) is 0 Å². The fourth-order valence-corrected chi connectivity index (χ4v) is 2.42. The van der Waals surface area contributed by atoms with E-state index < -0.39 is 15.2 Å². The minimum absolute atomic E-state index is 0.360. The van der Waals surface area contributed by atoms with E-state index in [2.05, 4.69) is 4.98 Å². The molecule has 0 amide bonds. The molecular weight excluding hydrogens is 224 g/mol. The summed E-state index contributed by atoms with van der Waals surface area (Å²) in [6.07, 6.45) is 3.09. The van der Waals surface area contributed by atoms with E-state index in [0.29, 0.717) is 12.2 Å². The van der Waals surface area contributed by atoms with E-state index in [-0.39, 0.29) is 0 Å². The highest BCUT2D eigenvalue weighted by molar-refractivity contribution is 7.93. The van der Waals surface area contributed by atoms with Gasteiger partial charge >= 0.3 is 0 Å². The first-order valence-electron chi connectivity index (χ1n) is 4.08. The summed E-state index contributed by atoms with van der Waals surface area (Å²) < 4.78 is 24.3. The zero-order valence-corrected chi connectivity index (χ0v) is 9.29. The first kappa shape index (κ1) is 11.3. The predicted octanol–water partition coefficient (Wildman–Crippen LogP) is 1.43. The number of pyridine rings is 1. The quantitative estimate of drug-likeness (QED) is 0.741. The van der Waals surface area contributed by atoms with E-state index in [1.165, 1.54) is 4.31 Å². The van der Waals surface area contributed by atoms with Crippen molar-refractivity contribution in [3.63, 3.8) is 0 Å². The van der Waals surface area contributed by atoms with Crippen LogP contribution >= 0.6 is 11.6 Å². The molecule has 0 radical (unpaired) electrons. The summed E-state index contributed by atoms with van der Waals surface area (Å²) in [4.78, 5) is 3.82. The van der Waals surface area contributed by atoms with Gasteiger partial charge in [-0.05, 0) is 19.1 Å². The number of aromatic nitrogens is 1. The van der Waals surface area contributed by atoms with Crippen molar-refractivity contribution < 1.29 is 8.42 Å². The number of hydrogen-bond donors (Lipinski definition) is 0. The third kappa shape index (κ3) is 2.36. The number of rotatable bonds is 4. The second-order valence-electron chi connectivity index (χ2n) is 2.59. The minimum atomic E-state index is -3.39. The molecule has 14 heavy (non-hydrogen) atoms.